The van der Waals surface area contributed by atoms with E-state index < -0.39 is 0 Å². The first-order valence-corrected chi connectivity index (χ1v) is 20.6. The summed E-state index contributed by atoms with van der Waals surface area (Å²) < 4.78 is 11.6. The van der Waals surface area contributed by atoms with Crippen molar-refractivity contribution in [3.05, 3.63) is 0 Å². The number of esters is 2. The smallest absolute Gasteiger partial charge is 0.308 e. The van der Waals surface area contributed by atoms with Gasteiger partial charge in [-0.15, -0.1) is 0 Å². The molecule has 1 amide bonds. The average molecular weight is 681 g/mol. The van der Waals surface area contributed by atoms with Crippen molar-refractivity contribution in [2.24, 2.45) is 11.8 Å². The molecular formula is C41H80N2O5. The van der Waals surface area contributed by atoms with E-state index in [1.807, 2.05) is 19.0 Å². The Kier molecular flexibility index (Phi) is 32.7. The molecule has 0 heterocycles. The predicted octanol–water partition coefficient (Wildman–Crippen LogP) is 10.5. The van der Waals surface area contributed by atoms with Crippen LogP contribution in [0.1, 0.15) is 188 Å². The minimum atomic E-state index is -0.118. The summed E-state index contributed by atoms with van der Waals surface area (Å²) in [5.74, 6) is -0.358. The third-order valence-corrected chi connectivity index (χ3v) is 9.63. The van der Waals surface area contributed by atoms with Crippen molar-refractivity contribution in [2.45, 2.75) is 188 Å². The van der Waals surface area contributed by atoms with Crippen LogP contribution in [-0.2, 0) is 23.9 Å². The third kappa shape index (κ3) is 27.2. The lowest BCUT2D eigenvalue weighted by Gasteiger charge is -2.25. The largest absolute Gasteiger partial charge is 0.464 e. The molecule has 0 spiro atoms. The van der Waals surface area contributed by atoms with Crippen LogP contribution in [0.2, 0.25) is 0 Å². The van der Waals surface area contributed by atoms with Gasteiger partial charge in [-0.25, -0.2) is 0 Å². The molecular weight excluding hydrogens is 600 g/mol. The van der Waals surface area contributed by atoms with Crippen LogP contribution in [-0.4, -0.2) is 74.6 Å². The highest BCUT2D eigenvalue weighted by Crippen LogP contribution is 2.22. The first kappa shape index (κ1) is 46.4. The second kappa shape index (κ2) is 33.8. The Morgan fingerprint density at radius 3 is 1.10 bits per heavy atom. The van der Waals surface area contributed by atoms with Gasteiger partial charge in [0, 0.05) is 13.0 Å². The summed E-state index contributed by atoms with van der Waals surface area (Å²) in [5, 5.41) is 0. The molecule has 284 valence electrons. The van der Waals surface area contributed by atoms with Crippen LogP contribution < -0.4 is 0 Å². The van der Waals surface area contributed by atoms with Crippen molar-refractivity contribution in [3.8, 4) is 0 Å². The molecule has 0 N–H and O–H groups in total. The van der Waals surface area contributed by atoms with Gasteiger partial charge in [0.05, 0.1) is 24.9 Å². The van der Waals surface area contributed by atoms with Gasteiger partial charge in [0.1, 0.15) is 13.2 Å². The lowest BCUT2D eigenvalue weighted by Crippen LogP contribution is -2.39. The molecule has 2 atom stereocenters. The van der Waals surface area contributed by atoms with Gasteiger partial charge in [-0.2, -0.15) is 0 Å². The Hall–Kier alpha value is -1.63. The first-order valence-electron chi connectivity index (χ1n) is 20.6. The Morgan fingerprint density at radius 2 is 0.771 bits per heavy atom. The zero-order valence-corrected chi connectivity index (χ0v) is 32.8. The van der Waals surface area contributed by atoms with E-state index in [2.05, 4.69) is 27.7 Å². The Labute approximate surface area is 298 Å². The predicted molar refractivity (Wildman–Crippen MR) is 202 cm³/mol. The molecule has 0 radical (unpaired) electrons. The zero-order valence-electron chi connectivity index (χ0n) is 32.8. The SMILES string of the molecule is CCCCCCCCC(CCCCCC)C(=O)OCCN(CCOC(=O)C(CCCCCC)CCCCCCCC)C(=O)CCN(C)C. The molecule has 2 unspecified atom stereocenters. The van der Waals surface area contributed by atoms with Crippen molar-refractivity contribution >= 4 is 17.8 Å². The van der Waals surface area contributed by atoms with E-state index in [1.165, 1.54) is 89.9 Å². The van der Waals surface area contributed by atoms with Gasteiger partial charge in [-0.3, -0.25) is 14.4 Å². The summed E-state index contributed by atoms with van der Waals surface area (Å²) >= 11 is 0. The lowest BCUT2D eigenvalue weighted by atomic mass is 9.94. The molecule has 0 aliphatic heterocycles. The highest BCUT2D eigenvalue weighted by molar-refractivity contribution is 5.76. The van der Waals surface area contributed by atoms with Gasteiger partial charge in [0.25, 0.3) is 0 Å². The molecule has 7 heteroatoms. The van der Waals surface area contributed by atoms with Crippen LogP contribution in [0.25, 0.3) is 0 Å². The summed E-state index contributed by atoms with van der Waals surface area (Å²) in [6, 6.07) is 0. The Morgan fingerprint density at radius 1 is 0.458 bits per heavy atom. The molecule has 0 aromatic heterocycles. The summed E-state index contributed by atoms with van der Waals surface area (Å²) in [6.45, 7) is 10.5. The molecule has 0 aliphatic rings. The van der Waals surface area contributed by atoms with Crippen molar-refractivity contribution in [1.29, 1.82) is 0 Å². The maximum atomic E-state index is 13.2. The maximum absolute atomic E-state index is 13.2. The van der Waals surface area contributed by atoms with Crippen molar-refractivity contribution in [2.75, 3.05) is 46.9 Å². The molecule has 0 aromatic rings. The lowest BCUT2D eigenvalue weighted by molar-refractivity contribution is -0.152. The van der Waals surface area contributed by atoms with E-state index in [9.17, 15) is 14.4 Å². The van der Waals surface area contributed by atoms with Crippen LogP contribution in [0, 0.1) is 11.8 Å². The van der Waals surface area contributed by atoms with Gasteiger partial charge in [0.15, 0.2) is 0 Å². The number of amides is 1. The fourth-order valence-electron chi connectivity index (χ4n) is 6.32. The number of nitrogens with zero attached hydrogens (tertiary/aromatic N) is 2. The number of ether oxygens (including phenoxy) is 2. The molecule has 0 saturated carbocycles. The van der Waals surface area contributed by atoms with Crippen LogP contribution >= 0.6 is 0 Å². The van der Waals surface area contributed by atoms with E-state index in [-0.39, 0.29) is 42.9 Å². The molecule has 7 nitrogen and oxygen atoms in total. The molecule has 0 fully saturated rings. The minimum Gasteiger partial charge on any atom is -0.464 e. The van der Waals surface area contributed by atoms with Gasteiger partial charge < -0.3 is 19.3 Å². The number of hydrogen-bond donors (Lipinski definition) is 0. The molecule has 0 rings (SSSR count). The van der Waals surface area contributed by atoms with E-state index in [1.54, 1.807) is 4.90 Å². The number of carbonyl (C=O) groups excluding carboxylic acids is 3. The van der Waals surface area contributed by atoms with E-state index >= 15 is 0 Å². The van der Waals surface area contributed by atoms with E-state index in [4.69, 9.17) is 9.47 Å². The Bertz CT molecular complexity index is 709. The second-order valence-electron chi connectivity index (χ2n) is 14.5. The summed E-state index contributed by atoms with van der Waals surface area (Å²) in [7, 11) is 3.91. The normalized spacial score (nSPS) is 12.6. The van der Waals surface area contributed by atoms with Gasteiger partial charge in [-0.1, -0.05) is 156 Å². The standard InChI is InChI=1S/C41H80N2O5/c1-7-11-15-19-21-25-29-37(27-23-17-13-9-3)40(45)47-35-33-43(39(44)31-32-42(5)6)34-36-48-41(46)38(28-24-18-14-10-4)30-26-22-20-16-12-8-2/h37-38H,7-36H2,1-6H3. The average Bonchev–Trinajstić information content (AvgIpc) is 3.07. The Balaban J connectivity index is 5.10. The highest BCUT2D eigenvalue weighted by Gasteiger charge is 2.23. The quantitative estimate of drug-likeness (QED) is 0.0490. The number of rotatable bonds is 35. The van der Waals surface area contributed by atoms with Crippen LogP contribution in [0.4, 0.5) is 0 Å². The van der Waals surface area contributed by atoms with Crippen molar-refractivity contribution in [1.82, 2.24) is 9.80 Å². The topological polar surface area (TPSA) is 76.1 Å². The first-order chi connectivity index (χ1) is 23.3. The van der Waals surface area contributed by atoms with E-state index in [0.29, 0.717) is 26.1 Å². The monoisotopic (exact) mass is 681 g/mol. The summed E-state index contributed by atoms with van der Waals surface area (Å²) in [5.41, 5.74) is 0. The van der Waals surface area contributed by atoms with Gasteiger partial charge in [-0.05, 0) is 39.8 Å². The number of hydrogen-bond acceptors (Lipinski definition) is 6. The fraction of sp³-hybridized carbons (Fsp3) is 0.927. The van der Waals surface area contributed by atoms with Gasteiger partial charge >= 0.3 is 11.9 Å². The van der Waals surface area contributed by atoms with Crippen molar-refractivity contribution in [3.63, 3.8) is 0 Å². The third-order valence-electron chi connectivity index (χ3n) is 9.63. The summed E-state index contributed by atoms with van der Waals surface area (Å²) in [6.07, 6.45) is 27.6. The molecule has 48 heavy (non-hydrogen) atoms. The molecule has 0 saturated heterocycles. The minimum absolute atomic E-state index is 0.00203. The molecule has 0 aromatic carbocycles. The number of unbranched alkanes of at least 4 members (excludes halogenated alkanes) is 16. The van der Waals surface area contributed by atoms with E-state index in [0.717, 1.165) is 64.2 Å². The zero-order chi connectivity index (χ0) is 35.7. The van der Waals surface area contributed by atoms with Crippen LogP contribution in [0.5, 0.6) is 0 Å². The fourth-order valence-corrected chi connectivity index (χ4v) is 6.32. The molecule has 0 aliphatic carbocycles. The molecule has 0 bridgehead atoms. The number of carbonyl (C=O) groups is 3. The van der Waals surface area contributed by atoms with Crippen LogP contribution in [0.3, 0.4) is 0 Å². The van der Waals surface area contributed by atoms with Crippen molar-refractivity contribution < 1.29 is 23.9 Å². The maximum Gasteiger partial charge on any atom is 0.308 e. The second-order valence-corrected chi connectivity index (χ2v) is 14.5. The van der Waals surface area contributed by atoms with Crippen LogP contribution in [0.15, 0.2) is 0 Å². The highest BCUT2D eigenvalue weighted by atomic mass is 16.5. The van der Waals surface area contributed by atoms with Gasteiger partial charge in [0.2, 0.25) is 5.91 Å². The summed E-state index contributed by atoms with van der Waals surface area (Å²) in [4.78, 5) is 43.3.